The normalized spacial score (nSPS) is 9.00. The van der Waals surface area contributed by atoms with Crippen molar-refractivity contribution in [2.24, 2.45) is 0 Å². The molecule has 0 fully saturated rings. The summed E-state index contributed by atoms with van der Waals surface area (Å²) in [7, 11) is 0. The highest BCUT2D eigenvalue weighted by Gasteiger charge is 2.09. The third kappa shape index (κ3) is 3.00. The lowest BCUT2D eigenvalue weighted by Crippen LogP contribution is -2.24. The van der Waals surface area contributed by atoms with Crippen molar-refractivity contribution in [3.63, 3.8) is 0 Å². The lowest BCUT2D eigenvalue weighted by molar-refractivity contribution is 0.963. The SMILES string of the molecule is N#CCN(CC#N)c1ccc(N)cc1I. The fraction of sp³-hybridized carbons (Fsp3) is 0.200. The molecule has 0 unspecified atom stereocenters. The Bertz CT molecular complexity index is 414. The van der Waals surface area contributed by atoms with Crippen LogP contribution in [0.4, 0.5) is 11.4 Å². The minimum atomic E-state index is 0.202. The molecule has 0 spiro atoms. The van der Waals surface area contributed by atoms with E-state index in [1.165, 1.54) is 0 Å². The molecule has 0 heterocycles. The molecule has 1 aromatic carbocycles. The Kier molecular flexibility index (Phi) is 4.19. The van der Waals surface area contributed by atoms with Gasteiger partial charge in [-0.25, -0.2) is 0 Å². The lowest BCUT2D eigenvalue weighted by Gasteiger charge is -2.19. The van der Waals surface area contributed by atoms with Crippen LogP contribution in [0.2, 0.25) is 0 Å². The van der Waals surface area contributed by atoms with Gasteiger partial charge >= 0.3 is 0 Å². The van der Waals surface area contributed by atoms with Crippen molar-refractivity contribution in [1.29, 1.82) is 10.5 Å². The molecule has 0 aliphatic heterocycles. The second-order valence-electron chi connectivity index (χ2n) is 2.88. The average Bonchev–Trinajstić information content (AvgIpc) is 2.17. The lowest BCUT2D eigenvalue weighted by atomic mass is 10.2. The number of halogens is 1. The highest BCUT2D eigenvalue weighted by molar-refractivity contribution is 14.1. The molecule has 0 aromatic heterocycles. The molecule has 1 rings (SSSR count). The summed E-state index contributed by atoms with van der Waals surface area (Å²) in [5.74, 6) is 0. The van der Waals surface area contributed by atoms with Crippen molar-refractivity contribution < 1.29 is 0 Å². The molecule has 4 nitrogen and oxygen atoms in total. The van der Waals surface area contributed by atoms with E-state index < -0.39 is 0 Å². The zero-order valence-corrected chi connectivity index (χ0v) is 10.1. The molecule has 0 bridgehead atoms. The van der Waals surface area contributed by atoms with E-state index in [1.807, 2.05) is 24.3 Å². The monoisotopic (exact) mass is 312 g/mol. The molecule has 0 aliphatic carbocycles. The molecular weight excluding hydrogens is 303 g/mol. The highest BCUT2D eigenvalue weighted by atomic mass is 127. The number of nitrogens with zero attached hydrogens (tertiary/aromatic N) is 3. The maximum Gasteiger partial charge on any atom is 0.107 e. The molecular formula is C10H9IN4. The van der Waals surface area contributed by atoms with Crippen molar-refractivity contribution in [3.05, 3.63) is 21.8 Å². The van der Waals surface area contributed by atoms with Crippen LogP contribution in [0.1, 0.15) is 0 Å². The molecule has 1 aromatic rings. The van der Waals surface area contributed by atoms with Gasteiger partial charge in [0.05, 0.1) is 17.8 Å². The van der Waals surface area contributed by atoms with Gasteiger partial charge in [-0.15, -0.1) is 0 Å². The molecule has 76 valence electrons. The van der Waals surface area contributed by atoms with Gasteiger partial charge in [0.15, 0.2) is 0 Å². The Morgan fingerprint density at radius 3 is 2.33 bits per heavy atom. The second-order valence-corrected chi connectivity index (χ2v) is 4.05. The van der Waals surface area contributed by atoms with Gasteiger partial charge in [-0.2, -0.15) is 10.5 Å². The number of nitrogen functional groups attached to an aromatic ring is 1. The molecule has 0 saturated heterocycles. The maximum absolute atomic E-state index is 8.64. The summed E-state index contributed by atoms with van der Waals surface area (Å²) in [4.78, 5) is 1.71. The first kappa shape index (κ1) is 11.6. The molecule has 0 aliphatic rings. The summed E-state index contributed by atoms with van der Waals surface area (Å²) in [6.45, 7) is 0.404. The Morgan fingerprint density at radius 2 is 1.87 bits per heavy atom. The van der Waals surface area contributed by atoms with Crippen molar-refractivity contribution in [3.8, 4) is 12.1 Å². The zero-order chi connectivity index (χ0) is 11.3. The minimum absolute atomic E-state index is 0.202. The molecule has 0 amide bonds. The Morgan fingerprint density at radius 1 is 1.27 bits per heavy atom. The molecule has 0 saturated carbocycles. The number of hydrogen-bond acceptors (Lipinski definition) is 4. The van der Waals surface area contributed by atoms with Crippen LogP contribution in [0.3, 0.4) is 0 Å². The standard InChI is InChI=1S/C10H9IN4/c11-9-7-8(14)1-2-10(9)15(5-3-12)6-4-13/h1-2,7H,5-6,14H2. The summed E-state index contributed by atoms with van der Waals surface area (Å²) >= 11 is 2.14. The van der Waals surface area contributed by atoms with Crippen molar-refractivity contribution in [2.75, 3.05) is 23.7 Å². The van der Waals surface area contributed by atoms with E-state index >= 15 is 0 Å². The van der Waals surface area contributed by atoms with E-state index in [-0.39, 0.29) is 13.1 Å². The first-order valence-corrected chi connectivity index (χ1v) is 5.30. The van der Waals surface area contributed by atoms with E-state index in [1.54, 1.807) is 11.0 Å². The fourth-order valence-electron chi connectivity index (χ4n) is 1.18. The first-order valence-electron chi connectivity index (χ1n) is 4.23. The third-order valence-electron chi connectivity index (χ3n) is 1.84. The van der Waals surface area contributed by atoms with Gasteiger partial charge in [-0.1, -0.05) is 0 Å². The highest BCUT2D eigenvalue weighted by Crippen LogP contribution is 2.24. The summed E-state index contributed by atoms with van der Waals surface area (Å²) in [6.07, 6.45) is 0. The van der Waals surface area contributed by atoms with Crippen molar-refractivity contribution >= 4 is 34.0 Å². The van der Waals surface area contributed by atoms with Gasteiger partial charge in [0, 0.05) is 9.26 Å². The molecule has 0 atom stereocenters. The number of hydrogen-bond donors (Lipinski definition) is 1. The van der Waals surface area contributed by atoms with Crippen LogP contribution in [-0.4, -0.2) is 13.1 Å². The topological polar surface area (TPSA) is 76.8 Å². The Labute approximate surface area is 102 Å². The van der Waals surface area contributed by atoms with E-state index in [4.69, 9.17) is 16.3 Å². The van der Waals surface area contributed by atoms with Crippen LogP contribution in [0.15, 0.2) is 18.2 Å². The van der Waals surface area contributed by atoms with Gasteiger partial charge < -0.3 is 10.6 Å². The van der Waals surface area contributed by atoms with Gasteiger partial charge in [0.2, 0.25) is 0 Å². The fourth-order valence-corrected chi connectivity index (χ4v) is 2.06. The summed E-state index contributed by atoms with van der Waals surface area (Å²) in [5, 5.41) is 17.3. The zero-order valence-electron chi connectivity index (χ0n) is 7.94. The summed E-state index contributed by atoms with van der Waals surface area (Å²) in [5.41, 5.74) is 7.17. The molecule has 2 N–H and O–H groups in total. The van der Waals surface area contributed by atoms with E-state index in [0.717, 1.165) is 9.26 Å². The molecule has 15 heavy (non-hydrogen) atoms. The van der Waals surface area contributed by atoms with Gasteiger partial charge in [-0.3, -0.25) is 0 Å². The second kappa shape index (κ2) is 5.42. The van der Waals surface area contributed by atoms with E-state index in [9.17, 15) is 0 Å². The maximum atomic E-state index is 8.64. The predicted molar refractivity (Wildman–Crippen MR) is 67.0 cm³/mol. The Hall–Kier alpha value is -1.47. The van der Waals surface area contributed by atoms with Crippen LogP contribution >= 0.6 is 22.6 Å². The first-order chi connectivity index (χ1) is 7.19. The van der Waals surface area contributed by atoms with Gasteiger partial charge in [0.1, 0.15) is 13.1 Å². The number of nitriles is 2. The van der Waals surface area contributed by atoms with Crippen LogP contribution in [0.25, 0.3) is 0 Å². The smallest absolute Gasteiger partial charge is 0.107 e. The largest absolute Gasteiger partial charge is 0.399 e. The number of rotatable bonds is 3. The van der Waals surface area contributed by atoms with Crippen molar-refractivity contribution in [1.82, 2.24) is 0 Å². The van der Waals surface area contributed by atoms with Crippen LogP contribution in [0, 0.1) is 26.2 Å². The minimum Gasteiger partial charge on any atom is -0.399 e. The van der Waals surface area contributed by atoms with Crippen LogP contribution < -0.4 is 10.6 Å². The number of nitrogens with two attached hydrogens (primary N) is 1. The number of anilines is 2. The van der Waals surface area contributed by atoms with Gasteiger partial charge in [0.25, 0.3) is 0 Å². The summed E-state index contributed by atoms with van der Waals surface area (Å²) < 4.78 is 0.943. The van der Waals surface area contributed by atoms with Crippen molar-refractivity contribution in [2.45, 2.75) is 0 Å². The van der Waals surface area contributed by atoms with Crippen LogP contribution in [-0.2, 0) is 0 Å². The van der Waals surface area contributed by atoms with Gasteiger partial charge in [-0.05, 0) is 40.8 Å². The third-order valence-corrected chi connectivity index (χ3v) is 2.70. The summed E-state index contributed by atoms with van der Waals surface area (Å²) in [6, 6.07) is 9.47. The van der Waals surface area contributed by atoms with E-state index in [0.29, 0.717) is 5.69 Å². The Balaban J connectivity index is 3.02. The quantitative estimate of drug-likeness (QED) is 0.524. The number of benzene rings is 1. The average molecular weight is 312 g/mol. The predicted octanol–water partition coefficient (Wildman–Crippen LogP) is 1.73. The van der Waals surface area contributed by atoms with Crippen LogP contribution in [0.5, 0.6) is 0 Å². The van der Waals surface area contributed by atoms with E-state index in [2.05, 4.69) is 22.6 Å². The molecule has 0 radical (unpaired) electrons. The molecule has 5 heteroatoms.